The molecular weight excluding hydrogens is 304 g/mol. The van der Waals surface area contributed by atoms with Crippen LogP contribution in [0.1, 0.15) is 41.3 Å². The Morgan fingerprint density at radius 2 is 2.09 bits per heavy atom. The molecule has 0 spiro atoms. The van der Waals surface area contributed by atoms with Crippen LogP contribution >= 0.6 is 11.3 Å². The standard InChI is InChI=1S/C18H22N4S/c1-10-6-13(4-5-19-10)18-20-9-17-16(22-18)8-15(21-17)14-7-11(2)23-12(14)3/h7-10,13,19H,4-6H2,1-3H3,(H,20,22). The number of aryl methyl sites for hydroxylation is 2. The van der Waals surface area contributed by atoms with E-state index in [-0.39, 0.29) is 0 Å². The summed E-state index contributed by atoms with van der Waals surface area (Å²) in [5.74, 6) is 1.61. The lowest BCUT2D eigenvalue weighted by Crippen LogP contribution is -2.35. The summed E-state index contributed by atoms with van der Waals surface area (Å²) in [5.41, 5.74) is 4.35. The van der Waals surface area contributed by atoms with Crippen LogP contribution in [0.15, 0.2) is 18.3 Å². The third-order valence-corrected chi connectivity index (χ3v) is 5.68. The molecule has 1 aromatic heterocycles. The number of nitrogens with one attached hydrogen (secondary N) is 2. The Morgan fingerprint density at radius 3 is 2.83 bits per heavy atom. The van der Waals surface area contributed by atoms with Gasteiger partial charge in [-0.15, -0.1) is 11.3 Å². The average molecular weight is 326 g/mol. The lowest BCUT2D eigenvalue weighted by atomic mass is 9.92. The predicted octanol–water partition coefficient (Wildman–Crippen LogP) is 4.11. The molecule has 0 bridgehead atoms. The number of aromatic amines is 1. The highest BCUT2D eigenvalue weighted by Gasteiger charge is 2.23. The van der Waals surface area contributed by atoms with Crippen molar-refractivity contribution in [3.05, 3.63) is 33.9 Å². The molecule has 2 atom stereocenters. The summed E-state index contributed by atoms with van der Waals surface area (Å²) >= 11 is 1.83. The number of hydrogen-bond donors (Lipinski definition) is 2. The first-order valence-corrected chi connectivity index (χ1v) is 9.08. The molecule has 4 rings (SSSR count). The Kier molecular flexibility index (Phi) is 3.70. The van der Waals surface area contributed by atoms with Crippen LogP contribution < -0.4 is 5.32 Å². The van der Waals surface area contributed by atoms with Crippen molar-refractivity contribution in [1.29, 1.82) is 0 Å². The van der Waals surface area contributed by atoms with Gasteiger partial charge in [0.05, 0.1) is 17.6 Å². The number of rotatable bonds is 2. The summed E-state index contributed by atoms with van der Waals surface area (Å²) in [6, 6.07) is 4.95. The summed E-state index contributed by atoms with van der Waals surface area (Å²) in [6.45, 7) is 7.62. The highest BCUT2D eigenvalue weighted by atomic mass is 32.1. The first-order chi connectivity index (χ1) is 11.1. The van der Waals surface area contributed by atoms with Gasteiger partial charge in [0.1, 0.15) is 11.5 Å². The maximum atomic E-state index is 4.76. The van der Waals surface area contributed by atoms with Gasteiger partial charge in [0.15, 0.2) is 0 Å². The molecule has 0 radical (unpaired) electrons. The molecule has 0 saturated carbocycles. The minimum atomic E-state index is 0.513. The highest BCUT2D eigenvalue weighted by Crippen LogP contribution is 2.34. The molecule has 3 aliphatic rings. The molecule has 1 fully saturated rings. The van der Waals surface area contributed by atoms with Crippen LogP contribution in [-0.2, 0) is 0 Å². The van der Waals surface area contributed by atoms with Crippen LogP contribution in [0.4, 0.5) is 0 Å². The number of hydrogen-bond acceptors (Lipinski definition) is 4. The summed E-state index contributed by atoms with van der Waals surface area (Å²) in [5, 5.41) is 3.50. The normalized spacial score (nSPS) is 21.9. The van der Waals surface area contributed by atoms with Crippen LogP contribution in [0.3, 0.4) is 0 Å². The third kappa shape index (κ3) is 2.79. The van der Waals surface area contributed by atoms with Crippen LogP contribution in [-0.4, -0.2) is 27.5 Å². The second-order valence-corrected chi connectivity index (χ2v) is 8.07. The Balaban J connectivity index is 1.70. The van der Waals surface area contributed by atoms with Gasteiger partial charge < -0.3 is 10.3 Å². The Hall–Kier alpha value is -1.72. The zero-order chi connectivity index (χ0) is 16.0. The van der Waals surface area contributed by atoms with E-state index in [4.69, 9.17) is 4.98 Å². The maximum absolute atomic E-state index is 4.76. The van der Waals surface area contributed by atoms with E-state index in [2.05, 4.69) is 48.2 Å². The molecule has 0 aromatic carbocycles. The molecule has 0 aliphatic carbocycles. The molecule has 4 nitrogen and oxygen atoms in total. The first-order valence-electron chi connectivity index (χ1n) is 8.26. The molecule has 2 N–H and O–H groups in total. The van der Waals surface area contributed by atoms with Crippen molar-refractivity contribution < 1.29 is 0 Å². The molecule has 3 aliphatic heterocycles. The lowest BCUT2D eigenvalue weighted by molar-refractivity contribution is 0.371. The summed E-state index contributed by atoms with van der Waals surface area (Å²) in [4.78, 5) is 15.6. The predicted molar refractivity (Wildman–Crippen MR) is 95.2 cm³/mol. The topological polar surface area (TPSA) is 53.6 Å². The molecule has 1 saturated heterocycles. The van der Waals surface area contributed by atoms with Gasteiger partial charge in [-0.25, -0.2) is 9.97 Å². The van der Waals surface area contributed by atoms with E-state index in [9.17, 15) is 0 Å². The zero-order valence-electron chi connectivity index (χ0n) is 13.8. The van der Waals surface area contributed by atoms with Crippen molar-refractivity contribution in [2.75, 3.05) is 6.54 Å². The Labute approximate surface area is 140 Å². The average Bonchev–Trinajstić information content (AvgIpc) is 3.09. The second-order valence-electron chi connectivity index (χ2n) is 6.61. The number of nitrogens with zero attached hydrogens (tertiary/aromatic N) is 2. The van der Waals surface area contributed by atoms with Crippen molar-refractivity contribution >= 4 is 11.3 Å². The largest absolute Gasteiger partial charge is 0.342 e. The monoisotopic (exact) mass is 326 g/mol. The van der Waals surface area contributed by atoms with Gasteiger partial charge in [-0.2, -0.15) is 0 Å². The molecule has 23 heavy (non-hydrogen) atoms. The molecule has 120 valence electrons. The number of H-pyrrole nitrogens is 1. The molecule has 5 heteroatoms. The molecule has 4 heterocycles. The lowest BCUT2D eigenvalue weighted by Gasteiger charge is -2.27. The van der Waals surface area contributed by atoms with Crippen molar-refractivity contribution in [2.45, 2.75) is 45.6 Å². The molecule has 1 aromatic rings. The van der Waals surface area contributed by atoms with Crippen LogP contribution in [0.25, 0.3) is 22.6 Å². The van der Waals surface area contributed by atoms with E-state index in [0.29, 0.717) is 12.0 Å². The van der Waals surface area contributed by atoms with Gasteiger partial charge in [0.2, 0.25) is 0 Å². The fraction of sp³-hybridized carbons (Fsp3) is 0.444. The molecule has 2 unspecified atom stereocenters. The van der Waals surface area contributed by atoms with Crippen LogP contribution in [0, 0.1) is 13.8 Å². The van der Waals surface area contributed by atoms with Crippen LogP contribution in [0.5, 0.6) is 0 Å². The van der Waals surface area contributed by atoms with Gasteiger partial charge in [-0.3, -0.25) is 0 Å². The van der Waals surface area contributed by atoms with Gasteiger partial charge in [-0.1, -0.05) is 0 Å². The van der Waals surface area contributed by atoms with Crippen LogP contribution in [0.2, 0.25) is 0 Å². The minimum Gasteiger partial charge on any atom is -0.342 e. The van der Waals surface area contributed by atoms with E-state index in [1.807, 2.05) is 17.5 Å². The van der Waals surface area contributed by atoms with E-state index in [0.717, 1.165) is 42.3 Å². The smallest absolute Gasteiger partial charge is 0.109 e. The summed E-state index contributed by atoms with van der Waals surface area (Å²) < 4.78 is 0. The van der Waals surface area contributed by atoms with E-state index >= 15 is 0 Å². The van der Waals surface area contributed by atoms with Crippen molar-refractivity contribution in [3.63, 3.8) is 0 Å². The van der Waals surface area contributed by atoms with Crippen molar-refractivity contribution in [3.8, 4) is 22.6 Å². The summed E-state index contributed by atoms with van der Waals surface area (Å²) in [6.07, 6.45) is 4.20. The number of aromatic nitrogens is 3. The molecule has 0 amide bonds. The van der Waals surface area contributed by atoms with Crippen molar-refractivity contribution in [2.24, 2.45) is 0 Å². The number of piperidine rings is 1. The maximum Gasteiger partial charge on any atom is 0.109 e. The van der Waals surface area contributed by atoms with E-state index < -0.39 is 0 Å². The van der Waals surface area contributed by atoms with Gasteiger partial charge in [0, 0.05) is 27.3 Å². The van der Waals surface area contributed by atoms with Gasteiger partial charge >= 0.3 is 0 Å². The fourth-order valence-corrected chi connectivity index (χ4v) is 4.48. The fourth-order valence-electron chi connectivity index (χ4n) is 3.54. The van der Waals surface area contributed by atoms with Gasteiger partial charge in [-0.05, 0) is 52.3 Å². The SMILES string of the molecule is Cc1cc(-c2cc3[nH]c(C4CCNC(C)C4)ncc-3n2)c(C)s1. The highest BCUT2D eigenvalue weighted by molar-refractivity contribution is 7.12. The van der Waals surface area contributed by atoms with E-state index in [1.54, 1.807) is 0 Å². The second kappa shape index (κ2) is 5.73. The van der Waals surface area contributed by atoms with Gasteiger partial charge in [0.25, 0.3) is 0 Å². The summed E-state index contributed by atoms with van der Waals surface area (Å²) in [7, 11) is 0. The molecular formula is C18H22N4S. The Morgan fingerprint density at radius 1 is 1.22 bits per heavy atom. The third-order valence-electron chi connectivity index (χ3n) is 4.71. The zero-order valence-corrected chi connectivity index (χ0v) is 14.6. The van der Waals surface area contributed by atoms with E-state index in [1.165, 1.54) is 15.3 Å². The quantitative estimate of drug-likeness (QED) is 0.745. The number of thiophene rings is 1. The first kappa shape index (κ1) is 14.8. The van der Waals surface area contributed by atoms with Crippen molar-refractivity contribution in [1.82, 2.24) is 20.3 Å². The minimum absolute atomic E-state index is 0.513. The Bertz CT molecular complexity index is 803. The number of fused-ring (bicyclic) bond motifs is 1.